The molecule has 0 saturated carbocycles. The van der Waals surface area contributed by atoms with Crippen molar-refractivity contribution < 1.29 is 14.1 Å². The average molecular weight is 426 g/mol. The Labute approximate surface area is 183 Å². The zero-order valence-corrected chi connectivity index (χ0v) is 18.9. The molecular weight excluding hydrogens is 394 g/mol. The number of nitrogens with one attached hydrogen (secondary N) is 2. The molecule has 0 aromatic carbocycles. The Balaban J connectivity index is 1.61. The summed E-state index contributed by atoms with van der Waals surface area (Å²) in [7, 11) is 1.61. The highest BCUT2D eigenvalue weighted by molar-refractivity contribution is 5.76. The Morgan fingerprint density at radius 1 is 1.32 bits per heavy atom. The number of ether oxygens (including phenoxy) is 1. The zero-order valence-electron chi connectivity index (χ0n) is 18.9. The van der Waals surface area contributed by atoms with E-state index in [2.05, 4.69) is 37.6 Å². The summed E-state index contributed by atoms with van der Waals surface area (Å²) in [5.41, 5.74) is 4.65. The van der Waals surface area contributed by atoms with Crippen LogP contribution in [0.25, 0.3) is 11.1 Å². The third-order valence-electron chi connectivity index (χ3n) is 4.93. The second-order valence-electron chi connectivity index (χ2n) is 7.92. The van der Waals surface area contributed by atoms with Crippen molar-refractivity contribution in [1.82, 2.24) is 20.0 Å². The molecule has 3 heterocycles. The molecule has 0 atom stereocenters. The highest BCUT2D eigenvalue weighted by Gasteiger charge is 2.15. The molecule has 0 unspecified atom stereocenters. The van der Waals surface area contributed by atoms with Gasteiger partial charge >= 0.3 is 0 Å². The summed E-state index contributed by atoms with van der Waals surface area (Å²) in [5, 5.41) is 10.4. The summed E-state index contributed by atoms with van der Waals surface area (Å²) >= 11 is 0. The number of amides is 1. The van der Waals surface area contributed by atoms with Crippen LogP contribution in [0.5, 0.6) is 5.88 Å². The number of hydrogen-bond donors (Lipinski definition) is 2. The van der Waals surface area contributed by atoms with Crippen LogP contribution in [0.1, 0.15) is 43.7 Å². The van der Waals surface area contributed by atoms with E-state index >= 15 is 0 Å². The van der Waals surface area contributed by atoms with E-state index in [1.165, 1.54) is 0 Å². The molecule has 8 heteroatoms. The van der Waals surface area contributed by atoms with Crippen molar-refractivity contribution in [1.29, 1.82) is 0 Å². The van der Waals surface area contributed by atoms with Crippen LogP contribution in [-0.2, 0) is 17.9 Å². The first-order valence-corrected chi connectivity index (χ1v) is 10.5. The molecule has 3 aromatic rings. The van der Waals surface area contributed by atoms with E-state index in [-0.39, 0.29) is 11.9 Å². The van der Waals surface area contributed by atoms with Gasteiger partial charge in [0.15, 0.2) is 0 Å². The van der Waals surface area contributed by atoms with Crippen LogP contribution in [0.3, 0.4) is 0 Å². The Kier molecular flexibility index (Phi) is 7.33. The van der Waals surface area contributed by atoms with E-state index in [4.69, 9.17) is 9.26 Å². The standard InChI is InChI=1S/C23H31N5O3/c1-15(2)26-21(29)7-6-9-28-10-8-18(14-28)12-24-20-11-19(13-25-23(20)30-5)22-16(3)27-31-17(22)4/h8,10-11,13-15,24H,6-7,9,12H2,1-5H3,(H,26,29). The topological polar surface area (TPSA) is 94.2 Å². The number of rotatable bonds is 10. The van der Waals surface area contributed by atoms with Gasteiger partial charge in [0.05, 0.1) is 18.5 Å². The molecule has 1 amide bonds. The summed E-state index contributed by atoms with van der Waals surface area (Å²) in [6.45, 7) is 9.18. The van der Waals surface area contributed by atoms with Gasteiger partial charge in [-0.3, -0.25) is 4.79 Å². The predicted molar refractivity (Wildman–Crippen MR) is 120 cm³/mol. The number of anilines is 1. The lowest BCUT2D eigenvalue weighted by Crippen LogP contribution is -2.29. The molecule has 8 nitrogen and oxygen atoms in total. The number of aromatic nitrogens is 3. The van der Waals surface area contributed by atoms with Gasteiger partial charge in [0.1, 0.15) is 5.76 Å². The predicted octanol–water partition coefficient (Wildman–Crippen LogP) is 4.08. The molecule has 0 aliphatic carbocycles. The fraction of sp³-hybridized carbons (Fsp3) is 0.435. The summed E-state index contributed by atoms with van der Waals surface area (Å²) in [6.07, 6.45) is 7.22. The van der Waals surface area contributed by atoms with Crippen LogP contribution < -0.4 is 15.4 Å². The molecule has 2 N–H and O–H groups in total. The molecule has 0 aliphatic rings. The molecule has 0 aliphatic heterocycles. The molecule has 3 rings (SSSR count). The SMILES string of the molecule is COc1ncc(-c2c(C)noc2C)cc1NCc1ccn(CCCC(=O)NC(C)C)c1. The minimum Gasteiger partial charge on any atom is -0.480 e. The van der Waals surface area contributed by atoms with Crippen LogP contribution >= 0.6 is 0 Å². The van der Waals surface area contributed by atoms with Crippen LogP contribution in [-0.4, -0.2) is 33.8 Å². The van der Waals surface area contributed by atoms with Crippen molar-refractivity contribution in [3.63, 3.8) is 0 Å². The third kappa shape index (κ3) is 5.87. The molecular formula is C23H31N5O3. The number of carbonyl (C=O) groups is 1. The van der Waals surface area contributed by atoms with Crippen molar-refractivity contribution in [2.75, 3.05) is 12.4 Å². The number of aryl methyl sites for hydroxylation is 3. The van der Waals surface area contributed by atoms with Gasteiger partial charge in [-0.25, -0.2) is 4.98 Å². The molecule has 0 saturated heterocycles. The van der Waals surface area contributed by atoms with Crippen molar-refractivity contribution in [3.8, 4) is 17.0 Å². The Morgan fingerprint density at radius 3 is 2.81 bits per heavy atom. The van der Waals surface area contributed by atoms with Crippen molar-refractivity contribution in [2.24, 2.45) is 0 Å². The van der Waals surface area contributed by atoms with Crippen molar-refractivity contribution in [2.45, 2.75) is 59.7 Å². The van der Waals surface area contributed by atoms with Crippen LogP contribution in [0.2, 0.25) is 0 Å². The lowest BCUT2D eigenvalue weighted by atomic mass is 10.1. The molecule has 0 radical (unpaired) electrons. The lowest BCUT2D eigenvalue weighted by Gasteiger charge is -2.11. The maximum Gasteiger partial charge on any atom is 0.237 e. The number of methoxy groups -OCH3 is 1. The Bertz CT molecular complexity index is 1000. The lowest BCUT2D eigenvalue weighted by molar-refractivity contribution is -0.121. The summed E-state index contributed by atoms with van der Waals surface area (Å²) < 4.78 is 12.8. The maximum absolute atomic E-state index is 11.8. The van der Waals surface area contributed by atoms with Gasteiger partial charge in [-0.1, -0.05) is 5.16 Å². The van der Waals surface area contributed by atoms with Crippen LogP contribution in [0.15, 0.2) is 35.2 Å². The zero-order chi connectivity index (χ0) is 22.4. The molecule has 31 heavy (non-hydrogen) atoms. The van der Waals surface area contributed by atoms with Gasteiger partial charge in [-0.15, -0.1) is 0 Å². The second kappa shape index (κ2) is 10.1. The van der Waals surface area contributed by atoms with Crippen LogP contribution in [0.4, 0.5) is 5.69 Å². The summed E-state index contributed by atoms with van der Waals surface area (Å²) in [4.78, 5) is 16.2. The smallest absolute Gasteiger partial charge is 0.237 e. The highest BCUT2D eigenvalue weighted by Crippen LogP contribution is 2.32. The van der Waals surface area contributed by atoms with E-state index in [0.29, 0.717) is 18.8 Å². The maximum atomic E-state index is 11.8. The number of carbonyl (C=O) groups excluding carboxylic acids is 1. The van der Waals surface area contributed by atoms with E-state index < -0.39 is 0 Å². The van der Waals surface area contributed by atoms with E-state index in [1.807, 2.05) is 40.0 Å². The molecule has 166 valence electrons. The largest absolute Gasteiger partial charge is 0.480 e. The number of hydrogen-bond acceptors (Lipinski definition) is 6. The van der Waals surface area contributed by atoms with Gasteiger partial charge in [-0.2, -0.15) is 0 Å². The van der Waals surface area contributed by atoms with Gasteiger partial charge in [0.25, 0.3) is 0 Å². The third-order valence-corrected chi connectivity index (χ3v) is 4.93. The molecule has 3 aromatic heterocycles. The highest BCUT2D eigenvalue weighted by atomic mass is 16.5. The quantitative estimate of drug-likeness (QED) is 0.508. The fourth-order valence-electron chi connectivity index (χ4n) is 3.52. The fourth-order valence-corrected chi connectivity index (χ4v) is 3.52. The van der Waals surface area contributed by atoms with Gasteiger partial charge in [-0.05, 0) is 51.8 Å². The average Bonchev–Trinajstić information content (AvgIpc) is 3.31. The Morgan fingerprint density at radius 2 is 2.13 bits per heavy atom. The van der Waals surface area contributed by atoms with E-state index in [1.54, 1.807) is 13.3 Å². The summed E-state index contributed by atoms with van der Waals surface area (Å²) in [5.74, 6) is 1.39. The first kappa shape index (κ1) is 22.4. The number of nitrogens with zero attached hydrogens (tertiary/aromatic N) is 3. The second-order valence-corrected chi connectivity index (χ2v) is 7.92. The van der Waals surface area contributed by atoms with Crippen molar-refractivity contribution in [3.05, 3.63) is 47.7 Å². The minimum absolute atomic E-state index is 0.0989. The van der Waals surface area contributed by atoms with Gasteiger partial charge < -0.3 is 24.5 Å². The number of pyridine rings is 1. The van der Waals surface area contributed by atoms with E-state index in [9.17, 15) is 4.79 Å². The van der Waals surface area contributed by atoms with E-state index in [0.717, 1.165) is 46.8 Å². The molecule has 0 spiro atoms. The first-order valence-electron chi connectivity index (χ1n) is 10.5. The normalized spacial score (nSPS) is 11.0. The van der Waals surface area contributed by atoms with Crippen molar-refractivity contribution >= 4 is 11.6 Å². The first-order chi connectivity index (χ1) is 14.9. The monoisotopic (exact) mass is 425 g/mol. The van der Waals surface area contributed by atoms with Crippen LogP contribution in [0, 0.1) is 13.8 Å². The van der Waals surface area contributed by atoms with Gasteiger partial charge in [0, 0.05) is 55.3 Å². The minimum atomic E-state index is 0.0989. The summed E-state index contributed by atoms with van der Waals surface area (Å²) in [6, 6.07) is 4.25. The van der Waals surface area contributed by atoms with Gasteiger partial charge in [0.2, 0.25) is 11.8 Å². The molecule has 0 fully saturated rings. The Hall–Kier alpha value is -3.29. The molecule has 0 bridgehead atoms.